The summed E-state index contributed by atoms with van der Waals surface area (Å²) in [6.07, 6.45) is -0.299. The van der Waals surface area contributed by atoms with Crippen LogP contribution in [0.3, 0.4) is 0 Å². The fourth-order valence-corrected chi connectivity index (χ4v) is 2.14. The third-order valence-electron chi connectivity index (χ3n) is 3.35. The highest BCUT2D eigenvalue weighted by atomic mass is 16.4. The Labute approximate surface area is 122 Å². The zero-order chi connectivity index (χ0) is 15.6. The number of nitrogens with zero attached hydrogens (tertiary/aromatic N) is 2. The van der Waals surface area contributed by atoms with Gasteiger partial charge in [0.15, 0.2) is 0 Å². The van der Waals surface area contributed by atoms with Crippen LogP contribution in [-0.2, 0) is 18.3 Å². The first-order chi connectivity index (χ1) is 9.88. The van der Waals surface area contributed by atoms with Crippen LogP contribution in [0, 0.1) is 0 Å². The Morgan fingerprint density at radius 2 is 1.90 bits per heavy atom. The summed E-state index contributed by atoms with van der Waals surface area (Å²) in [6.45, 7) is 4.23. The largest absolute Gasteiger partial charge is 0.481 e. The molecule has 0 unspecified atom stereocenters. The average molecular weight is 286 g/mol. The van der Waals surface area contributed by atoms with Crippen molar-refractivity contribution in [1.29, 1.82) is 0 Å². The fraction of sp³-hybridized carbons (Fsp3) is 0.312. The van der Waals surface area contributed by atoms with Gasteiger partial charge in [0.05, 0.1) is 12.1 Å². The summed E-state index contributed by atoms with van der Waals surface area (Å²) in [7, 11) is 1.53. The van der Waals surface area contributed by atoms with E-state index >= 15 is 0 Å². The van der Waals surface area contributed by atoms with Crippen LogP contribution in [-0.4, -0.2) is 20.9 Å². The van der Waals surface area contributed by atoms with Gasteiger partial charge in [-0.05, 0) is 17.5 Å². The van der Waals surface area contributed by atoms with Crippen LogP contribution in [0.1, 0.15) is 30.9 Å². The minimum atomic E-state index is -1.03. The lowest BCUT2D eigenvalue weighted by molar-refractivity contribution is -0.136. The Morgan fingerprint density at radius 1 is 1.29 bits per heavy atom. The monoisotopic (exact) mass is 286 g/mol. The Balaban J connectivity index is 2.46. The van der Waals surface area contributed by atoms with Gasteiger partial charge in [-0.15, -0.1) is 0 Å². The Bertz CT molecular complexity index is 715. The first kappa shape index (κ1) is 15.0. The first-order valence-corrected chi connectivity index (χ1v) is 6.78. The zero-order valence-electron chi connectivity index (χ0n) is 12.3. The smallest absolute Gasteiger partial charge is 0.308 e. The van der Waals surface area contributed by atoms with Gasteiger partial charge in [-0.2, -0.15) is 5.10 Å². The van der Waals surface area contributed by atoms with Crippen molar-refractivity contribution in [1.82, 2.24) is 9.78 Å². The Morgan fingerprint density at radius 3 is 2.43 bits per heavy atom. The van der Waals surface area contributed by atoms with Crippen molar-refractivity contribution in [3.05, 3.63) is 51.8 Å². The van der Waals surface area contributed by atoms with Crippen molar-refractivity contribution in [2.75, 3.05) is 0 Å². The molecule has 0 fully saturated rings. The maximum absolute atomic E-state index is 11.9. The molecule has 110 valence electrons. The molecule has 0 radical (unpaired) electrons. The summed E-state index contributed by atoms with van der Waals surface area (Å²) in [6, 6.07) is 9.47. The SMILES string of the molecule is CC(C)c1ccc(-c2cc(CC(=O)O)c(=O)n(C)n2)cc1. The van der Waals surface area contributed by atoms with Crippen LogP contribution in [0.4, 0.5) is 0 Å². The molecule has 0 aliphatic rings. The fourth-order valence-electron chi connectivity index (χ4n) is 2.14. The van der Waals surface area contributed by atoms with Crippen molar-refractivity contribution in [2.24, 2.45) is 7.05 Å². The number of hydrogen-bond donors (Lipinski definition) is 1. The Hall–Kier alpha value is -2.43. The first-order valence-electron chi connectivity index (χ1n) is 6.78. The topological polar surface area (TPSA) is 72.2 Å². The minimum Gasteiger partial charge on any atom is -0.481 e. The molecule has 1 aromatic carbocycles. The number of benzene rings is 1. The van der Waals surface area contributed by atoms with Gasteiger partial charge in [0.1, 0.15) is 0 Å². The van der Waals surface area contributed by atoms with Gasteiger partial charge in [-0.1, -0.05) is 38.1 Å². The number of aliphatic carboxylic acids is 1. The second-order valence-electron chi connectivity index (χ2n) is 5.33. The van der Waals surface area contributed by atoms with Crippen molar-refractivity contribution in [3.63, 3.8) is 0 Å². The molecule has 5 nitrogen and oxygen atoms in total. The van der Waals surface area contributed by atoms with Crippen molar-refractivity contribution >= 4 is 5.97 Å². The molecule has 1 aromatic heterocycles. The molecule has 0 saturated carbocycles. The van der Waals surface area contributed by atoms with E-state index in [4.69, 9.17) is 5.11 Å². The summed E-state index contributed by atoms with van der Waals surface area (Å²) in [5, 5.41) is 13.1. The number of aryl methyl sites for hydroxylation is 1. The molecule has 0 aliphatic heterocycles. The molecule has 21 heavy (non-hydrogen) atoms. The quantitative estimate of drug-likeness (QED) is 0.935. The maximum Gasteiger partial charge on any atom is 0.308 e. The van der Waals surface area contributed by atoms with Gasteiger partial charge in [-0.25, -0.2) is 4.68 Å². The molecule has 0 aliphatic carbocycles. The molecule has 0 bridgehead atoms. The highest BCUT2D eigenvalue weighted by Gasteiger charge is 2.11. The Kier molecular flexibility index (Phi) is 4.21. The number of carboxylic acid groups (broad SMARTS) is 1. The lowest BCUT2D eigenvalue weighted by Crippen LogP contribution is -2.25. The normalized spacial score (nSPS) is 10.9. The minimum absolute atomic E-state index is 0.239. The van der Waals surface area contributed by atoms with Crippen LogP contribution in [0.2, 0.25) is 0 Å². The van der Waals surface area contributed by atoms with Gasteiger partial charge in [-0.3, -0.25) is 9.59 Å². The molecule has 0 spiro atoms. The molecule has 0 saturated heterocycles. The lowest BCUT2D eigenvalue weighted by atomic mass is 10.0. The molecule has 5 heteroatoms. The van der Waals surface area contributed by atoms with Gasteiger partial charge >= 0.3 is 5.97 Å². The highest BCUT2D eigenvalue weighted by molar-refractivity contribution is 5.71. The average Bonchev–Trinajstić information content (AvgIpc) is 2.43. The zero-order valence-corrected chi connectivity index (χ0v) is 12.3. The molecular formula is C16H18N2O3. The number of carbonyl (C=O) groups is 1. The number of carboxylic acids is 1. The number of aromatic nitrogens is 2. The third-order valence-corrected chi connectivity index (χ3v) is 3.35. The standard InChI is InChI=1S/C16H18N2O3/c1-10(2)11-4-6-12(7-5-11)14-8-13(9-15(19)20)16(21)18(3)17-14/h4-8,10H,9H2,1-3H3,(H,19,20). The van der Waals surface area contributed by atoms with Gasteiger partial charge in [0.25, 0.3) is 5.56 Å². The predicted octanol–water partition coefficient (Wildman–Crippen LogP) is 2.20. The van der Waals surface area contributed by atoms with E-state index in [-0.39, 0.29) is 17.5 Å². The molecular weight excluding hydrogens is 268 g/mol. The van der Waals surface area contributed by atoms with Gasteiger partial charge < -0.3 is 5.11 Å². The predicted molar refractivity (Wildman–Crippen MR) is 80.3 cm³/mol. The van der Waals surface area contributed by atoms with E-state index in [0.29, 0.717) is 11.6 Å². The van der Waals surface area contributed by atoms with E-state index in [1.807, 2.05) is 24.3 Å². The van der Waals surface area contributed by atoms with Gasteiger partial charge in [0.2, 0.25) is 0 Å². The molecule has 0 amide bonds. The molecule has 2 aromatic rings. The second-order valence-corrected chi connectivity index (χ2v) is 5.33. The lowest BCUT2D eigenvalue weighted by Gasteiger charge is -2.09. The number of hydrogen-bond acceptors (Lipinski definition) is 3. The van der Waals surface area contributed by atoms with Crippen molar-refractivity contribution in [3.8, 4) is 11.3 Å². The van der Waals surface area contributed by atoms with Crippen molar-refractivity contribution < 1.29 is 9.90 Å². The van der Waals surface area contributed by atoms with Crippen LogP contribution < -0.4 is 5.56 Å². The summed E-state index contributed by atoms with van der Waals surface area (Å²) in [5.74, 6) is -0.589. The molecule has 1 N–H and O–H groups in total. The van der Waals surface area contributed by atoms with E-state index in [9.17, 15) is 9.59 Å². The molecule has 2 rings (SSSR count). The summed E-state index contributed by atoms with van der Waals surface area (Å²) >= 11 is 0. The second kappa shape index (κ2) is 5.91. The number of rotatable bonds is 4. The van der Waals surface area contributed by atoms with E-state index in [1.165, 1.54) is 17.3 Å². The molecule has 1 heterocycles. The van der Waals surface area contributed by atoms with Crippen LogP contribution >= 0.6 is 0 Å². The van der Waals surface area contributed by atoms with E-state index in [0.717, 1.165) is 5.56 Å². The third kappa shape index (κ3) is 3.37. The summed E-state index contributed by atoms with van der Waals surface area (Å²) in [4.78, 5) is 22.7. The summed E-state index contributed by atoms with van der Waals surface area (Å²) in [5.41, 5.74) is 2.54. The van der Waals surface area contributed by atoms with Gasteiger partial charge in [0, 0.05) is 18.2 Å². The maximum atomic E-state index is 11.9. The van der Waals surface area contributed by atoms with Crippen LogP contribution in [0.15, 0.2) is 35.1 Å². The van der Waals surface area contributed by atoms with Crippen LogP contribution in [0.25, 0.3) is 11.3 Å². The molecule has 0 atom stereocenters. The van der Waals surface area contributed by atoms with E-state index in [1.54, 1.807) is 6.07 Å². The highest BCUT2D eigenvalue weighted by Crippen LogP contribution is 2.21. The van der Waals surface area contributed by atoms with Crippen LogP contribution in [0.5, 0.6) is 0 Å². The van der Waals surface area contributed by atoms with E-state index in [2.05, 4.69) is 18.9 Å². The summed E-state index contributed by atoms with van der Waals surface area (Å²) < 4.78 is 1.18. The van der Waals surface area contributed by atoms with Crippen molar-refractivity contribution in [2.45, 2.75) is 26.2 Å². The van der Waals surface area contributed by atoms with E-state index < -0.39 is 5.97 Å².